The van der Waals surface area contributed by atoms with Gasteiger partial charge in [-0.1, -0.05) is 12.8 Å². The average molecular weight is 535 g/mol. The number of hydroxylamine groups is 2. The number of carbonyl (C=O) groups is 5. The summed E-state index contributed by atoms with van der Waals surface area (Å²) < 4.78 is 31.1. The number of fused-ring (bicyclic) bond motifs is 1. The molecular weight excluding hydrogens is 504 g/mol. The number of nitrogens with one attached hydrogen (secondary N) is 3. The number of carbonyl (C=O) groups excluding carboxylic acids is 5. The van der Waals surface area contributed by atoms with Gasteiger partial charge in [0.05, 0.1) is 18.5 Å². The molecule has 3 aliphatic rings. The topological polar surface area (TPSA) is 188 Å². The van der Waals surface area contributed by atoms with E-state index in [0.29, 0.717) is 37.5 Å². The standard InChI is InChI=1S/C20H30N4O9S2/c25-15(7-4-3-6-13-18-12(11-34-13)22-20(29)23-18)21-9-5-1-2-8-17(27)33-24-16(26)10-14(19(24)28)35(30,31)32/h12-14,18H,1-11H2,(H,21,25)(H2,22,23,29)(H,30,31,32)/t12-,13+,14-,18+/m1/s1. The number of nitrogens with zero attached hydrogens (tertiary/aromatic N) is 1. The lowest BCUT2D eigenvalue weighted by atomic mass is 10.0. The molecule has 0 spiro atoms. The molecule has 35 heavy (non-hydrogen) atoms. The molecule has 3 rings (SSSR count). The van der Waals surface area contributed by atoms with Gasteiger partial charge in [-0.05, 0) is 25.7 Å². The summed E-state index contributed by atoms with van der Waals surface area (Å²) in [5.41, 5.74) is 0. The van der Waals surface area contributed by atoms with E-state index in [1.54, 1.807) is 0 Å². The van der Waals surface area contributed by atoms with Crippen LogP contribution in [0, 0.1) is 0 Å². The van der Waals surface area contributed by atoms with Crippen LogP contribution in [0.25, 0.3) is 0 Å². The molecule has 0 aromatic rings. The SMILES string of the molecule is O=C(CCCC[C@@H]1SC[C@H]2NC(=O)N[C@H]12)NCCCCCC(=O)ON1C(=O)C[C@@H](S(=O)(=O)O)C1=O. The van der Waals surface area contributed by atoms with Gasteiger partial charge in [-0.3, -0.25) is 18.9 Å². The molecule has 0 aliphatic carbocycles. The highest BCUT2D eigenvalue weighted by molar-refractivity contribution is 8.00. The molecule has 3 saturated heterocycles. The maximum atomic E-state index is 12.0. The second-order valence-electron chi connectivity index (χ2n) is 8.73. The summed E-state index contributed by atoms with van der Waals surface area (Å²) in [5.74, 6) is -2.30. The maximum absolute atomic E-state index is 12.0. The van der Waals surface area contributed by atoms with Crippen LogP contribution in [0.15, 0.2) is 0 Å². The normalized spacial score (nSPS) is 25.9. The molecule has 0 saturated carbocycles. The first-order valence-electron chi connectivity index (χ1n) is 11.6. The predicted octanol–water partition coefficient (Wildman–Crippen LogP) is -0.138. The van der Waals surface area contributed by atoms with E-state index in [9.17, 15) is 32.4 Å². The monoisotopic (exact) mass is 534 g/mol. The van der Waals surface area contributed by atoms with Crippen LogP contribution in [-0.4, -0.2) is 82.6 Å². The third-order valence-electron chi connectivity index (χ3n) is 6.08. The van der Waals surface area contributed by atoms with Crippen molar-refractivity contribution in [3.8, 4) is 0 Å². The predicted molar refractivity (Wildman–Crippen MR) is 123 cm³/mol. The van der Waals surface area contributed by atoms with Gasteiger partial charge in [0.2, 0.25) is 5.91 Å². The van der Waals surface area contributed by atoms with Gasteiger partial charge in [0.15, 0.2) is 5.25 Å². The summed E-state index contributed by atoms with van der Waals surface area (Å²) >= 11 is 1.85. The van der Waals surface area contributed by atoms with E-state index in [2.05, 4.69) is 20.8 Å². The van der Waals surface area contributed by atoms with E-state index >= 15 is 0 Å². The molecule has 4 N–H and O–H groups in total. The minimum Gasteiger partial charge on any atom is -0.356 e. The largest absolute Gasteiger partial charge is 0.356 e. The van der Waals surface area contributed by atoms with Crippen LogP contribution in [-0.2, 0) is 34.1 Å². The Morgan fingerprint density at radius 3 is 2.54 bits per heavy atom. The van der Waals surface area contributed by atoms with Crippen molar-refractivity contribution in [2.75, 3.05) is 12.3 Å². The Kier molecular flexibility index (Phi) is 9.35. The smallest absolute Gasteiger partial charge is 0.333 e. The Balaban J connectivity index is 1.19. The van der Waals surface area contributed by atoms with Gasteiger partial charge in [-0.25, -0.2) is 9.59 Å². The molecule has 0 aromatic carbocycles. The lowest BCUT2D eigenvalue weighted by molar-refractivity contribution is -0.197. The zero-order valence-corrected chi connectivity index (χ0v) is 20.7. The van der Waals surface area contributed by atoms with E-state index in [4.69, 9.17) is 4.55 Å². The van der Waals surface area contributed by atoms with E-state index in [1.807, 2.05) is 11.8 Å². The van der Waals surface area contributed by atoms with Crippen molar-refractivity contribution < 1.29 is 41.8 Å². The summed E-state index contributed by atoms with van der Waals surface area (Å²) in [6.07, 6.45) is 3.76. The van der Waals surface area contributed by atoms with E-state index in [-0.39, 0.29) is 35.5 Å². The van der Waals surface area contributed by atoms with Gasteiger partial charge in [0.25, 0.3) is 21.9 Å². The van der Waals surface area contributed by atoms with Crippen molar-refractivity contribution >= 4 is 51.6 Å². The van der Waals surface area contributed by atoms with Gasteiger partial charge < -0.3 is 20.8 Å². The number of urea groups is 1. The van der Waals surface area contributed by atoms with E-state index < -0.39 is 39.6 Å². The number of imide groups is 1. The average Bonchev–Trinajstić information content (AvgIpc) is 3.41. The molecule has 3 aliphatic heterocycles. The molecule has 5 amide bonds. The number of amides is 5. The molecule has 0 bridgehead atoms. The molecule has 0 radical (unpaired) electrons. The second-order valence-corrected chi connectivity index (χ2v) is 11.6. The number of rotatable bonds is 13. The zero-order chi connectivity index (χ0) is 25.6. The summed E-state index contributed by atoms with van der Waals surface area (Å²) in [7, 11) is -4.76. The lowest BCUT2D eigenvalue weighted by Crippen LogP contribution is -2.36. The van der Waals surface area contributed by atoms with Gasteiger partial charge in [0, 0.05) is 30.4 Å². The van der Waals surface area contributed by atoms with Crippen molar-refractivity contribution in [3.63, 3.8) is 0 Å². The first kappa shape index (κ1) is 27.2. The third-order valence-corrected chi connectivity index (χ3v) is 8.67. The van der Waals surface area contributed by atoms with Crippen LogP contribution in [0.4, 0.5) is 4.79 Å². The van der Waals surface area contributed by atoms with Gasteiger partial charge in [-0.2, -0.15) is 20.2 Å². The minimum absolute atomic E-state index is 0.0448. The number of unbranched alkanes of at least 4 members (excludes halogenated alkanes) is 3. The minimum atomic E-state index is -4.76. The van der Waals surface area contributed by atoms with Crippen molar-refractivity contribution in [2.24, 2.45) is 0 Å². The number of hydrogen-bond donors (Lipinski definition) is 4. The Hall–Kier alpha value is -2.39. The Bertz CT molecular complexity index is 958. The second kappa shape index (κ2) is 12.0. The molecule has 0 aromatic heterocycles. The molecular formula is C20H30N4O9S2. The zero-order valence-electron chi connectivity index (χ0n) is 19.1. The van der Waals surface area contributed by atoms with Crippen LogP contribution >= 0.6 is 11.8 Å². The first-order chi connectivity index (χ1) is 16.6. The Labute approximate surface area is 207 Å². The molecule has 13 nitrogen and oxygen atoms in total. The maximum Gasteiger partial charge on any atom is 0.333 e. The molecule has 3 fully saturated rings. The fourth-order valence-corrected chi connectivity index (χ4v) is 6.47. The van der Waals surface area contributed by atoms with Crippen LogP contribution in [0.2, 0.25) is 0 Å². The molecule has 3 heterocycles. The Morgan fingerprint density at radius 1 is 1.09 bits per heavy atom. The van der Waals surface area contributed by atoms with Crippen molar-refractivity contribution in [1.29, 1.82) is 0 Å². The van der Waals surface area contributed by atoms with Crippen LogP contribution < -0.4 is 16.0 Å². The molecule has 15 heteroatoms. The summed E-state index contributed by atoms with van der Waals surface area (Å²) in [6, 6.07) is 0.265. The highest BCUT2D eigenvalue weighted by Gasteiger charge is 2.48. The van der Waals surface area contributed by atoms with Gasteiger partial charge in [-0.15, -0.1) is 5.06 Å². The van der Waals surface area contributed by atoms with Crippen LogP contribution in [0.5, 0.6) is 0 Å². The third kappa shape index (κ3) is 7.54. The summed E-state index contributed by atoms with van der Waals surface area (Å²) in [4.78, 5) is 63.3. The highest BCUT2D eigenvalue weighted by atomic mass is 32.2. The number of hydrogen-bond acceptors (Lipinski definition) is 9. The number of thioether (sulfide) groups is 1. The van der Waals surface area contributed by atoms with Crippen molar-refractivity contribution in [1.82, 2.24) is 21.0 Å². The van der Waals surface area contributed by atoms with E-state index in [1.165, 1.54) is 0 Å². The highest BCUT2D eigenvalue weighted by Crippen LogP contribution is 2.33. The van der Waals surface area contributed by atoms with Crippen LogP contribution in [0.3, 0.4) is 0 Å². The summed E-state index contributed by atoms with van der Waals surface area (Å²) in [6.45, 7) is 0.451. The van der Waals surface area contributed by atoms with Gasteiger partial charge >= 0.3 is 12.0 Å². The molecule has 196 valence electrons. The van der Waals surface area contributed by atoms with Crippen LogP contribution in [0.1, 0.15) is 57.8 Å². The quantitative estimate of drug-likeness (QED) is 0.107. The first-order valence-corrected chi connectivity index (χ1v) is 14.1. The summed E-state index contributed by atoms with van der Waals surface area (Å²) in [5, 5.41) is 7.20. The lowest BCUT2D eigenvalue weighted by Gasteiger charge is -2.16. The fraction of sp³-hybridized carbons (Fsp3) is 0.750. The molecule has 0 unspecified atom stereocenters. The molecule has 4 atom stereocenters. The Morgan fingerprint density at radius 2 is 1.83 bits per heavy atom. The fourth-order valence-electron chi connectivity index (χ4n) is 4.22. The van der Waals surface area contributed by atoms with Crippen molar-refractivity contribution in [2.45, 2.75) is 80.4 Å². The van der Waals surface area contributed by atoms with Crippen molar-refractivity contribution in [3.05, 3.63) is 0 Å². The van der Waals surface area contributed by atoms with Gasteiger partial charge in [0.1, 0.15) is 0 Å². The van der Waals surface area contributed by atoms with E-state index in [0.717, 1.165) is 25.0 Å².